The van der Waals surface area contributed by atoms with Gasteiger partial charge >= 0.3 is 0 Å². The molecule has 1 atom stereocenters. The van der Waals surface area contributed by atoms with E-state index in [-0.39, 0.29) is 4.43 Å². The van der Waals surface area contributed by atoms with E-state index in [0.29, 0.717) is 0 Å². The van der Waals surface area contributed by atoms with Crippen LogP contribution >= 0.6 is 22.6 Å². The highest BCUT2D eigenvalue weighted by Gasteiger charge is 1.89. The van der Waals surface area contributed by atoms with Gasteiger partial charge in [0.05, 0.1) is 4.43 Å². The topological polar surface area (TPSA) is 20.2 Å². The molecule has 0 heterocycles. The van der Waals surface area contributed by atoms with Gasteiger partial charge in [-0.05, 0) is 0 Å². The second kappa shape index (κ2) is 2.84. The molecule has 0 saturated heterocycles. The smallest absolute Gasteiger partial charge is 0.205 e. The summed E-state index contributed by atoms with van der Waals surface area (Å²) in [7, 11) is 0. The molecule has 0 amide bonds. The Bertz CT molecular complexity index is 23.6. The molecule has 0 aliphatic heterocycles. The molecule has 0 aliphatic carbocycles. The van der Waals surface area contributed by atoms with E-state index < -0.39 is 6.36 Å². The largest absolute Gasteiger partial charge is 0.363 e. The lowest BCUT2D eigenvalue weighted by atomic mass is 10.8. The molecule has 32 valence electrons. The molecule has 0 aliphatic rings. The molecule has 0 aromatic carbocycles. The van der Waals surface area contributed by atoms with Crippen LogP contribution in [0.3, 0.4) is 0 Å². The third kappa shape index (κ3) is 4.62. The van der Waals surface area contributed by atoms with E-state index >= 15 is 0 Å². The van der Waals surface area contributed by atoms with E-state index in [0.717, 1.165) is 0 Å². The molecule has 0 aromatic heterocycles. The summed E-state index contributed by atoms with van der Waals surface area (Å²) in [6, 6.07) is 0. The van der Waals surface area contributed by atoms with Crippen LogP contribution in [0.1, 0.15) is 0 Å². The van der Waals surface area contributed by atoms with E-state index in [2.05, 4.69) is 0 Å². The molecule has 3 heteroatoms. The van der Waals surface area contributed by atoms with Crippen LogP contribution in [0.4, 0.5) is 4.39 Å². The second-order valence-electron chi connectivity index (χ2n) is 0.589. The van der Waals surface area contributed by atoms with Gasteiger partial charge in [0.2, 0.25) is 6.36 Å². The number of aliphatic hydroxyl groups excluding tert-OH is 1. The molecule has 0 fully saturated rings. The zero-order chi connectivity index (χ0) is 4.28. The summed E-state index contributed by atoms with van der Waals surface area (Å²) >= 11 is 1.75. The van der Waals surface area contributed by atoms with Crippen LogP contribution in [-0.4, -0.2) is 15.9 Å². The fourth-order valence-electron chi connectivity index (χ4n) is 0. The van der Waals surface area contributed by atoms with Gasteiger partial charge < -0.3 is 5.11 Å². The fraction of sp³-hybridized carbons (Fsp3) is 1.00. The lowest BCUT2D eigenvalue weighted by Gasteiger charge is -1.84. The average molecular weight is 190 g/mol. The molecular formula is C2H4FIO. The van der Waals surface area contributed by atoms with E-state index in [4.69, 9.17) is 5.11 Å². The van der Waals surface area contributed by atoms with Crippen LogP contribution in [0.2, 0.25) is 0 Å². The van der Waals surface area contributed by atoms with Crippen molar-refractivity contribution in [2.24, 2.45) is 0 Å². The number of halogens is 2. The summed E-state index contributed by atoms with van der Waals surface area (Å²) in [4.78, 5) is 0. The molecule has 0 spiro atoms. The van der Waals surface area contributed by atoms with Gasteiger partial charge in [-0.1, -0.05) is 22.6 Å². The van der Waals surface area contributed by atoms with Gasteiger partial charge in [0, 0.05) is 0 Å². The quantitative estimate of drug-likeness (QED) is 0.476. The lowest BCUT2D eigenvalue weighted by molar-refractivity contribution is 0.0680. The Morgan fingerprint density at radius 3 is 2.20 bits per heavy atom. The molecule has 0 radical (unpaired) electrons. The molecule has 0 aromatic rings. The fourth-order valence-corrected chi connectivity index (χ4v) is 0. The number of alkyl halides is 2. The number of aliphatic hydroxyl groups is 1. The first-order chi connectivity index (χ1) is 2.27. The Labute approximate surface area is 43.3 Å². The molecule has 1 N–H and O–H groups in total. The van der Waals surface area contributed by atoms with Crippen LogP contribution in [0.25, 0.3) is 0 Å². The molecule has 0 rings (SSSR count). The Morgan fingerprint density at radius 2 is 2.20 bits per heavy atom. The maximum Gasteiger partial charge on any atom is 0.205 e. The Morgan fingerprint density at radius 1 is 2.00 bits per heavy atom. The molecule has 0 bridgehead atoms. The number of hydrogen-bond donors (Lipinski definition) is 1. The summed E-state index contributed by atoms with van der Waals surface area (Å²) in [5.74, 6) is 0. The first kappa shape index (κ1) is 5.62. The third-order valence-electron chi connectivity index (χ3n) is 0.127. The van der Waals surface area contributed by atoms with Crippen LogP contribution in [0.15, 0.2) is 0 Å². The zero-order valence-corrected chi connectivity index (χ0v) is 4.65. The van der Waals surface area contributed by atoms with Crippen molar-refractivity contribution in [1.82, 2.24) is 0 Å². The van der Waals surface area contributed by atoms with E-state index in [9.17, 15) is 4.39 Å². The maximum absolute atomic E-state index is 11.0. The van der Waals surface area contributed by atoms with Crippen molar-refractivity contribution in [3.63, 3.8) is 0 Å². The van der Waals surface area contributed by atoms with E-state index in [1.54, 1.807) is 22.6 Å². The highest BCUT2D eigenvalue weighted by Crippen LogP contribution is 1.88. The average Bonchev–Trinajstić information content (AvgIpc) is 1.38. The van der Waals surface area contributed by atoms with E-state index in [1.165, 1.54) is 0 Å². The lowest BCUT2D eigenvalue weighted by Crippen LogP contribution is -1.95. The van der Waals surface area contributed by atoms with Gasteiger partial charge in [-0.15, -0.1) is 0 Å². The first-order valence-corrected chi connectivity index (χ1v) is 2.68. The van der Waals surface area contributed by atoms with E-state index in [1.807, 2.05) is 0 Å². The summed E-state index contributed by atoms with van der Waals surface area (Å²) in [6.07, 6.45) is -1.63. The standard InChI is InChI=1S/C2H4FIO/c3-2(5)1-4/h2,5H,1H2. The summed E-state index contributed by atoms with van der Waals surface area (Å²) in [5, 5.41) is 7.69. The highest BCUT2D eigenvalue weighted by atomic mass is 127. The van der Waals surface area contributed by atoms with Crippen molar-refractivity contribution >= 4 is 22.6 Å². The third-order valence-corrected chi connectivity index (χ3v) is 0.854. The van der Waals surface area contributed by atoms with Gasteiger partial charge in [0.25, 0.3) is 0 Å². The molecule has 0 saturated carbocycles. The molecule has 5 heavy (non-hydrogen) atoms. The van der Waals surface area contributed by atoms with Crippen molar-refractivity contribution in [3.05, 3.63) is 0 Å². The minimum Gasteiger partial charge on any atom is -0.363 e. The SMILES string of the molecule is OC(F)CI. The second-order valence-corrected chi connectivity index (χ2v) is 1.47. The van der Waals surface area contributed by atoms with Crippen molar-refractivity contribution in [2.75, 3.05) is 4.43 Å². The monoisotopic (exact) mass is 190 g/mol. The maximum atomic E-state index is 11.0. The summed E-state index contributed by atoms with van der Waals surface area (Å²) < 4.78 is 11.1. The Balaban J connectivity index is 2.54. The van der Waals surface area contributed by atoms with Gasteiger partial charge in [-0.25, -0.2) is 4.39 Å². The predicted octanol–water partition coefficient (Wildman–Crippen LogP) is 0.709. The molecule has 1 unspecified atom stereocenters. The van der Waals surface area contributed by atoms with Gasteiger partial charge in [0.15, 0.2) is 0 Å². The van der Waals surface area contributed by atoms with Gasteiger partial charge in [-0.2, -0.15) is 0 Å². The van der Waals surface area contributed by atoms with Crippen LogP contribution in [-0.2, 0) is 0 Å². The first-order valence-electron chi connectivity index (χ1n) is 1.15. The van der Waals surface area contributed by atoms with Crippen LogP contribution in [0.5, 0.6) is 0 Å². The number of hydrogen-bond acceptors (Lipinski definition) is 1. The summed E-state index contributed by atoms with van der Waals surface area (Å²) in [6.45, 7) is 0. The van der Waals surface area contributed by atoms with Crippen molar-refractivity contribution in [1.29, 1.82) is 0 Å². The Hall–Kier alpha value is 0.620. The van der Waals surface area contributed by atoms with Crippen LogP contribution < -0.4 is 0 Å². The highest BCUT2D eigenvalue weighted by molar-refractivity contribution is 14.1. The van der Waals surface area contributed by atoms with Crippen LogP contribution in [0, 0.1) is 0 Å². The minimum absolute atomic E-state index is 0.164. The molecule has 1 nitrogen and oxygen atoms in total. The van der Waals surface area contributed by atoms with Crippen molar-refractivity contribution in [2.45, 2.75) is 6.36 Å². The number of rotatable bonds is 1. The van der Waals surface area contributed by atoms with Crippen molar-refractivity contribution in [3.8, 4) is 0 Å². The molecular weight excluding hydrogens is 186 g/mol. The normalized spacial score (nSPS) is 15.0. The predicted molar refractivity (Wildman–Crippen MR) is 26.0 cm³/mol. The van der Waals surface area contributed by atoms with Gasteiger partial charge in [-0.3, -0.25) is 0 Å². The Kier molecular flexibility index (Phi) is 3.19. The van der Waals surface area contributed by atoms with Gasteiger partial charge in [0.1, 0.15) is 0 Å². The van der Waals surface area contributed by atoms with Crippen molar-refractivity contribution < 1.29 is 9.50 Å². The summed E-state index contributed by atoms with van der Waals surface area (Å²) in [5.41, 5.74) is 0. The zero-order valence-electron chi connectivity index (χ0n) is 2.49. The minimum atomic E-state index is -1.63.